The van der Waals surface area contributed by atoms with Gasteiger partial charge in [0.25, 0.3) is 5.91 Å². The van der Waals surface area contributed by atoms with E-state index in [-0.39, 0.29) is 0 Å². The SMILES string of the molecule is Cc1ccc(Cl)cc1N(CC(=O)N/N=C/c1ccc(OCc2ccccc2)cc1)S(C)(=O)=O. The topological polar surface area (TPSA) is 88.1 Å². The van der Waals surface area contributed by atoms with E-state index < -0.39 is 22.5 Å². The molecule has 9 heteroatoms. The lowest BCUT2D eigenvalue weighted by Crippen LogP contribution is -2.39. The van der Waals surface area contributed by atoms with E-state index in [4.69, 9.17) is 16.3 Å². The number of rotatable bonds is 9. The number of hydrogen-bond acceptors (Lipinski definition) is 5. The van der Waals surface area contributed by atoms with Gasteiger partial charge in [-0.1, -0.05) is 48.0 Å². The second-order valence-corrected chi connectivity index (χ2v) is 9.68. The Balaban J connectivity index is 1.57. The molecule has 0 aromatic heterocycles. The number of benzene rings is 3. The maximum absolute atomic E-state index is 12.3. The fourth-order valence-electron chi connectivity index (χ4n) is 2.97. The van der Waals surface area contributed by atoms with Gasteiger partial charge in [0.15, 0.2) is 0 Å². The minimum atomic E-state index is -3.71. The molecule has 0 heterocycles. The van der Waals surface area contributed by atoms with Crippen LogP contribution in [0.2, 0.25) is 5.02 Å². The number of nitrogens with one attached hydrogen (secondary N) is 1. The molecule has 0 saturated carbocycles. The van der Waals surface area contributed by atoms with Crippen LogP contribution in [0.25, 0.3) is 0 Å². The van der Waals surface area contributed by atoms with Crippen LogP contribution in [0.5, 0.6) is 5.75 Å². The van der Waals surface area contributed by atoms with E-state index in [1.807, 2.05) is 30.3 Å². The smallest absolute Gasteiger partial charge is 0.260 e. The Bertz CT molecular complexity index is 1230. The molecule has 0 bridgehead atoms. The average Bonchev–Trinajstić information content (AvgIpc) is 2.79. The van der Waals surface area contributed by atoms with Crippen LogP contribution in [0, 0.1) is 6.92 Å². The molecule has 0 saturated heterocycles. The highest BCUT2D eigenvalue weighted by atomic mass is 35.5. The van der Waals surface area contributed by atoms with Crippen molar-refractivity contribution in [1.29, 1.82) is 0 Å². The second kappa shape index (κ2) is 11.0. The summed E-state index contributed by atoms with van der Waals surface area (Å²) < 4.78 is 31.2. The lowest BCUT2D eigenvalue weighted by Gasteiger charge is -2.23. The molecule has 0 unspecified atom stereocenters. The van der Waals surface area contributed by atoms with Gasteiger partial charge in [0.2, 0.25) is 10.0 Å². The lowest BCUT2D eigenvalue weighted by atomic mass is 10.2. The molecule has 0 radical (unpaired) electrons. The van der Waals surface area contributed by atoms with Gasteiger partial charge in [-0.15, -0.1) is 0 Å². The van der Waals surface area contributed by atoms with Crippen molar-refractivity contribution in [1.82, 2.24) is 5.43 Å². The zero-order chi connectivity index (χ0) is 23.8. The van der Waals surface area contributed by atoms with Crippen molar-refractivity contribution in [2.24, 2.45) is 5.10 Å². The van der Waals surface area contributed by atoms with Crippen LogP contribution in [0.4, 0.5) is 5.69 Å². The van der Waals surface area contributed by atoms with Gasteiger partial charge in [-0.3, -0.25) is 9.10 Å². The first kappa shape index (κ1) is 24.3. The number of carbonyl (C=O) groups is 1. The third-order valence-electron chi connectivity index (χ3n) is 4.66. The summed E-state index contributed by atoms with van der Waals surface area (Å²) in [5.74, 6) is 0.125. The Morgan fingerprint density at radius 1 is 1.09 bits per heavy atom. The molecule has 3 aromatic carbocycles. The van der Waals surface area contributed by atoms with Crippen molar-refractivity contribution >= 4 is 39.4 Å². The van der Waals surface area contributed by atoms with Gasteiger partial charge in [0.1, 0.15) is 18.9 Å². The Morgan fingerprint density at radius 3 is 2.45 bits per heavy atom. The zero-order valence-corrected chi connectivity index (χ0v) is 19.8. The van der Waals surface area contributed by atoms with E-state index in [1.165, 1.54) is 12.3 Å². The standard InChI is InChI=1S/C24H24ClN3O4S/c1-18-8-11-21(25)14-23(18)28(33(2,30)31)16-24(29)27-26-15-19-9-12-22(13-10-19)32-17-20-6-4-3-5-7-20/h3-15H,16-17H2,1-2H3,(H,27,29)/b26-15+. The number of carbonyl (C=O) groups excluding carboxylic acids is 1. The lowest BCUT2D eigenvalue weighted by molar-refractivity contribution is -0.119. The summed E-state index contributed by atoms with van der Waals surface area (Å²) in [6.07, 6.45) is 2.50. The Kier molecular flexibility index (Phi) is 8.08. The van der Waals surface area contributed by atoms with Crippen LogP contribution in [0.1, 0.15) is 16.7 Å². The number of sulfonamides is 1. The quantitative estimate of drug-likeness (QED) is 0.364. The number of nitrogens with zero attached hydrogens (tertiary/aromatic N) is 2. The molecule has 0 atom stereocenters. The van der Waals surface area contributed by atoms with Crippen LogP contribution in [0.3, 0.4) is 0 Å². The monoisotopic (exact) mass is 485 g/mol. The van der Waals surface area contributed by atoms with Crippen molar-refractivity contribution in [3.05, 3.63) is 94.5 Å². The highest BCUT2D eigenvalue weighted by Crippen LogP contribution is 2.26. The average molecular weight is 486 g/mol. The van der Waals surface area contributed by atoms with Gasteiger partial charge in [-0.05, 0) is 60.0 Å². The molecule has 0 fully saturated rings. The zero-order valence-electron chi connectivity index (χ0n) is 18.2. The van der Waals surface area contributed by atoms with E-state index in [1.54, 1.807) is 43.3 Å². The summed E-state index contributed by atoms with van der Waals surface area (Å²) >= 11 is 6.01. The number of aryl methyl sites for hydroxylation is 1. The largest absolute Gasteiger partial charge is 0.489 e. The highest BCUT2D eigenvalue weighted by Gasteiger charge is 2.22. The molecule has 0 aliphatic rings. The summed E-state index contributed by atoms with van der Waals surface area (Å²) in [6.45, 7) is 1.78. The van der Waals surface area contributed by atoms with Crippen molar-refractivity contribution in [3.63, 3.8) is 0 Å². The molecular weight excluding hydrogens is 462 g/mol. The summed E-state index contributed by atoms with van der Waals surface area (Å²) in [6, 6.07) is 21.9. The van der Waals surface area contributed by atoms with Gasteiger partial charge in [0, 0.05) is 5.02 Å². The van der Waals surface area contributed by atoms with Crippen molar-refractivity contribution in [2.75, 3.05) is 17.1 Å². The van der Waals surface area contributed by atoms with Crippen LogP contribution < -0.4 is 14.5 Å². The van der Waals surface area contributed by atoms with Crippen molar-refractivity contribution in [2.45, 2.75) is 13.5 Å². The Morgan fingerprint density at radius 2 is 1.79 bits per heavy atom. The van der Waals surface area contributed by atoms with Crippen LogP contribution in [-0.2, 0) is 21.4 Å². The fraction of sp³-hybridized carbons (Fsp3) is 0.167. The van der Waals surface area contributed by atoms with Crippen molar-refractivity contribution < 1.29 is 17.9 Å². The van der Waals surface area contributed by atoms with Gasteiger partial charge in [0.05, 0.1) is 18.2 Å². The highest BCUT2D eigenvalue weighted by molar-refractivity contribution is 7.92. The maximum atomic E-state index is 12.3. The summed E-state index contributed by atoms with van der Waals surface area (Å²) in [4.78, 5) is 12.3. The molecule has 172 valence electrons. The third kappa shape index (κ3) is 7.34. The summed E-state index contributed by atoms with van der Waals surface area (Å²) in [5, 5.41) is 4.29. The van der Waals surface area contributed by atoms with Gasteiger partial charge >= 0.3 is 0 Å². The van der Waals surface area contributed by atoms with Gasteiger partial charge in [-0.2, -0.15) is 5.10 Å². The van der Waals surface area contributed by atoms with E-state index >= 15 is 0 Å². The van der Waals surface area contributed by atoms with Crippen LogP contribution in [-0.4, -0.2) is 33.3 Å². The predicted molar refractivity (Wildman–Crippen MR) is 131 cm³/mol. The summed E-state index contributed by atoms with van der Waals surface area (Å²) in [5.41, 5.74) is 5.19. The van der Waals surface area contributed by atoms with Gasteiger partial charge < -0.3 is 4.74 Å². The maximum Gasteiger partial charge on any atom is 0.260 e. The van der Waals surface area contributed by atoms with Crippen LogP contribution >= 0.6 is 11.6 Å². The number of amides is 1. The molecule has 3 rings (SSSR count). The van der Waals surface area contributed by atoms with E-state index in [0.29, 0.717) is 28.6 Å². The van der Waals surface area contributed by atoms with Crippen molar-refractivity contribution in [3.8, 4) is 5.75 Å². The van der Waals surface area contributed by atoms with Gasteiger partial charge in [-0.25, -0.2) is 13.8 Å². The Hall–Kier alpha value is -3.36. The first-order valence-electron chi connectivity index (χ1n) is 10.0. The molecule has 0 aliphatic heterocycles. The fourth-order valence-corrected chi connectivity index (χ4v) is 4.04. The normalized spacial score (nSPS) is 11.4. The van der Waals surface area contributed by atoms with E-state index in [0.717, 1.165) is 21.7 Å². The molecule has 3 aromatic rings. The molecule has 1 N–H and O–H groups in total. The number of anilines is 1. The molecular formula is C24H24ClN3O4S. The third-order valence-corrected chi connectivity index (χ3v) is 6.02. The predicted octanol–water partition coefficient (Wildman–Crippen LogP) is 4.14. The van der Waals surface area contributed by atoms with E-state index in [9.17, 15) is 13.2 Å². The van der Waals surface area contributed by atoms with E-state index in [2.05, 4.69) is 10.5 Å². The van der Waals surface area contributed by atoms with Crippen LogP contribution in [0.15, 0.2) is 77.9 Å². The number of hydrazone groups is 1. The molecule has 0 spiro atoms. The first-order chi connectivity index (χ1) is 15.7. The molecule has 33 heavy (non-hydrogen) atoms. The number of halogens is 1. The minimum Gasteiger partial charge on any atom is -0.489 e. The Labute approximate surface area is 198 Å². The number of hydrogen-bond donors (Lipinski definition) is 1. The second-order valence-electron chi connectivity index (χ2n) is 7.34. The molecule has 0 aliphatic carbocycles. The molecule has 7 nitrogen and oxygen atoms in total. The molecule has 1 amide bonds. The first-order valence-corrected chi connectivity index (χ1v) is 12.3. The number of ether oxygens (including phenoxy) is 1. The minimum absolute atomic E-state index is 0.343. The summed E-state index contributed by atoms with van der Waals surface area (Å²) in [7, 11) is -3.71.